The van der Waals surface area contributed by atoms with Gasteiger partial charge in [-0.25, -0.2) is 0 Å². The van der Waals surface area contributed by atoms with Gasteiger partial charge in [0.2, 0.25) is 0 Å². The molecule has 1 fully saturated rings. The lowest BCUT2D eigenvalue weighted by atomic mass is 10.1. The molecule has 112 valence electrons. The lowest BCUT2D eigenvalue weighted by Crippen LogP contribution is -2.28. The summed E-state index contributed by atoms with van der Waals surface area (Å²) in [5, 5.41) is 3.58. The molecular formula is C16H20N2O2S. The first-order valence-electron chi connectivity index (χ1n) is 7.40. The second-order valence-corrected chi connectivity index (χ2v) is 7.44. The summed E-state index contributed by atoms with van der Waals surface area (Å²) in [7, 11) is 0. The number of carbonyl (C=O) groups is 1. The molecule has 0 saturated heterocycles. The quantitative estimate of drug-likeness (QED) is 0.944. The Morgan fingerprint density at radius 1 is 1.48 bits per heavy atom. The zero-order valence-electron chi connectivity index (χ0n) is 12.6. The van der Waals surface area contributed by atoms with Crippen molar-refractivity contribution in [1.82, 2.24) is 9.88 Å². The van der Waals surface area contributed by atoms with Gasteiger partial charge in [-0.2, -0.15) is 0 Å². The van der Waals surface area contributed by atoms with E-state index in [0.29, 0.717) is 29.5 Å². The van der Waals surface area contributed by atoms with E-state index in [1.54, 1.807) is 4.57 Å². The van der Waals surface area contributed by atoms with Gasteiger partial charge in [0.15, 0.2) is 0 Å². The molecule has 0 aliphatic heterocycles. The van der Waals surface area contributed by atoms with Gasteiger partial charge in [0.25, 0.3) is 11.5 Å². The molecule has 4 nitrogen and oxygen atoms in total. The Kier molecular flexibility index (Phi) is 3.61. The second kappa shape index (κ2) is 5.30. The molecule has 5 heteroatoms. The Bertz CT molecular complexity index is 753. The third kappa shape index (κ3) is 2.75. The number of rotatable bonds is 4. The standard InChI is InChI=1S/C16H20N2O2S/c1-9(2)8-18-7-6-12-14(16(18)20)13(10(3)21-12)15(19)17-11-4-5-11/h6-7,9,11H,4-5,8H2,1-3H3,(H,17,19). The Labute approximate surface area is 127 Å². The number of thiophene rings is 1. The number of hydrogen-bond acceptors (Lipinski definition) is 3. The molecule has 21 heavy (non-hydrogen) atoms. The van der Waals surface area contributed by atoms with Crippen molar-refractivity contribution < 1.29 is 4.79 Å². The molecule has 2 aromatic heterocycles. The summed E-state index contributed by atoms with van der Waals surface area (Å²) >= 11 is 1.52. The molecule has 1 aliphatic carbocycles. The van der Waals surface area contributed by atoms with Gasteiger partial charge in [-0.15, -0.1) is 11.3 Å². The zero-order valence-corrected chi connectivity index (χ0v) is 13.4. The van der Waals surface area contributed by atoms with Crippen LogP contribution in [0.15, 0.2) is 17.1 Å². The highest BCUT2D eigenvalue weighted by Crippen LogP contribution is 2.29. The minimum atomic E-state index is -0.0966. The van der Waals surface area contributed by atoms with Crippen LogP contribution in [-0.4, -0.2) is 16.5 Å². The van der Waals surface area contributed by atoms with Crippen molar-refractivity contribution in [3.05, 3.63) is 33.1 Å². The highest BCUT2D eigenvalue weighted by Gasteiger charge is 2.27. The van der Waals surface area contributed by atoms with Crippen molar-refractivity contribution in [2.75, 3.05) is 0 Å². The largest absolute Gasteiger partial charge is 0.349 e. The van der Waals surface area contributed by atoms with Crippen LogP contribution in [0.1, 0.15) is 41.9 Å². The zero-order chi connectivity index (χ0) is 15.1. The van der Waals surface area contributed by atoms with Crippen LogP contribution in [0.25, 0.3) is 10.1 Å². The van der Waals surface area contributed by atoms with Gasteiger partial charge < -0.3 is 9.88 Å². The number of amides is 1. The predicted molar refractivity (Wildman–Crippen MR) is 86.1 cm³/mol. The SMILES string of the molecule is Cc1sc2ccn(CC(C)C)c(=O)c2c1C(=O)NC1CC1. The monoisotopic (exact) mass is 304 g/mol. The van der Waals surface area contributed by atoms with Crippen LogP contribution in [0.2, 0.25) is 0 Å². The molecule has 1 N–H and O–H groups in total. The third-order valence-corrected chi connectivity index (χ3v) is 4.76. The van der Waals surface area contributed by atoms with Crippen molar-refractivity contribution in [3.63, 3.8) is 0 Å². The molecule has 1 amide bonds. The van der Waals surface area contributed by atoms with Crippen molar-refractivity contribution in [2.24, 2.45) is 5.92 Å². The smallest absolute Gasteiger partial charge is 0.260 e. The fraction of sp³-hybridized carbons (Fsp3) is 0.500. The number of nitrogens with zero attached hydrogens (tertiary/aromatic N) is 1. The van der Waals surface area contributed by atoms with Gasteiger partial charge in [-0.1, -0.05) is 13.8 Å². The van der Waals surface area contributed by atoms with Crippen LogP contribution in [0.3, 0.4) is 0 Å². The molecule has 3 rings (SSSR count). The number of aryl methyl sites for hydroxylation is 1. The van der Waals surface area contributed by atoms with E-state index in [0.717, 1.165) is 22.4 Å². The molecule has 0 unspecified atom stereocenters. The van der Waals surface area contributed by atoms with E-state index in [9.17, 15) is 9.59 Å². The Balaban J connectivity index is 2.11. The first-order valence-corrected chi connectivity index (χ1v) is 8.22. The average molecular weight is 304 g/mol. The number of carbonyl (C=O) groups excluding carboxylic acids is 1. The van der Waals surface area contributed by atoms with Gasteiger partial charge in [-0.05, 0) is 31.7 Å². The van der Waals surface area contributed by atoms with Crippen LogP contribution >= 0.6 is 11.3 Å². The molecule has 2 heterocycles. The van der Waals surface area contributed by atoms with E-state index in [4.69, 9.17) is 0 Å². The fourth-order valence-corrected chi connectivity index (χ4v) is 3.61. The van der Waals surface area contributed by atoms with Crippen LogP contribution < -0.4 is 10.9 Å². The predicted octanol–water partition coefficient (Wildman–Crippen LogP) is 2.92. The van der Waals surface area contributed by atoms with Crippen molar-refractivity contribution in [2.45, 2.75) is 46.2 Å². The molecular weight excluding hydrogens is 284 g/mol. The Morgan fingerprint density at radius 2 is 2.19 bits per heavy atom. The van der Waals surface area contributed by atoms with Crippen LogP contribution in [0.5, 0.6) is 0 Å². The molecule has 0 aromatic carbocycles. The summed E-state index contributed by atoms with van der Waals surface area (Å²) in [6.45, 7) is 6.75. The maximum Gasteiger partial charge on any atom is 0.260 e. The van der Waals surface area contributed by atoms with Crippen molar-refractivity contribution >= 4 is 27.3 Å². The maximum atomic E-state index is 12.7. The normalized spacial score (nSPS) is 14.9. The molecule has 0 bridgehead atoms. The maximum absolute atomic E-state index is 12.7. The van der Waals surface area contributed by atoms with E-state index in [1.165, 1.54) is 11.3 Å². The molecule has 1 saturated carbocycles. The summed E-state index contributed by atoms with van der Waals surface area (Å²) in [6, 6.07) is 2.25. The first kappa shape index (κ1) is 14.3. The van der Waals surface area contributed by atoms with Gasteiger partial charge >= 0.3 is 0 Å². The lowest BCUT2D eigenvalue weighted by Gasteiger charge is -2.09. The molecule has 0 radical (unpaired) electrons. The number of pyridine rings is 1. The molecule has 0 atom stereocenters. The third-order valence-electron chi connectivity index (χ3n) is 3.69. The summed E-state index contributed by atoms with van der Waals surface area (Å²) in [6.07, 6.45) is 3.93. The van der Waals surface area contributed by atoms with E-state index in [2.05, 4.69) is 19.2 Å². The van der Waals surface area contributed by atoms with E-state index in [-0.39, 0.29) is 11.5 Å². The number of fused-ring (bicyclic) bond motifs is 1. The summed E-state index contributed by atoms with van der Waals surface area (Å²) in [4.78, 5) is 26.0. The average Bonchev–Trinajstić information content (AvgIpc) is 3.13. The second-order valence-electron chi connectivity index (χ2n) is 6.19. The fourth-order valence-electron chi connectivity index (χ4n) is 2.56. The van der Waals surface area contributed by atoms with E-state index >= 15 is 0 Å². The molecule has 1 aliphatic rings. The van der Waals surface area contributed by atoms with Gasteiger partial charge in [0.05, 0.1) is 10.9 Å². The topological polar surface area (TPSA) is 51.1 Å². The number of nitrogens with one attached hydrogen (secondary N) is 1. The minimum Gasteiger partial charge on any atom is -0.349 e. The van der Waals surface area contributed by atoms with Gasteiger partial charge in [0.1, 0.15) is 0 Å². The summed E-state index contributed by atoms with van der Waals surface area (Å²) in [5.41, 5.74) is 0.525. The van der Waals surface area contributed by atoms with E-state index in [1.807, 2.05) is 19.2 Å². The van der Waals surface area contributed by atoms with Crippen molar-refractivity contribution in [1.29, 1.82) is 0 Å². The van der Waals surface area contributed by atoms with Crippen LogP contribution in [0, 0.1) is 12.8 Å². The number of hydrogen-bond donors (Lipinski definition) is 1. The lowest BCUT2D eigenvalue weighted by molar-refractivity contribution is 0.0952. The van der Waals surface area contributed by atoms with Gasteiger partial charge in [-0.3, -0.25) is 9.59 Å². The Hall–Kier alpha value is -1.62. The minimum absolute atomic E-state index is 0.0495. The molecule has 2 aromatic rings. The van der Waals surface area contributed by atoms with Gasteiger partial charge in [0, 0.05) is 28.4 Å². The van der Waals surface area contributed by atoms with Crippen molar-refractivity contribution in [3.8, 4) is 0 Å². The first-order chi connectivity index (χ1) is 9.97. The highest BCUT2D eigenvalue weighted by molar-refractivity contribution is 7.19. The number of aromatic nitrogens is 1. The van der Waals surface area contributed by atoms with E-state index < -0.39 is 0 Å². The Morgan fingerprint density at radius 3 is 2.81 bits per heavy atom. The van der Waals surface area contributed by atoms with Crippen LogP contribution in [0.4, 0.5) is 0 Å². The summed E-state index contributed by atoms with van der Waals surface area (Å²) in [5.74, 6) is 0.296. The molecule has 0 spiro atoms. The highest BCUT2D eigenvalue weighted by atomic mass is 32.1. The van der Waals surface area contributed by atoms with Crippen LogP contribution in [-0.2, 0) is 6.54 Å². The summed E-state index contributed by atoms with van der Waals surface area (Å²) < 4.78 is 2.62.